The largest absolute Gasteiger partial charge is 0.331 e. The molecule has 7 heteroatoms. The molecule has 1 aromatic carbocycles. The molecule has 2 N–H and O–H groups in total. The number of nitrogens with zero attached hydrogens (tertiary/aromatic N) is 4. The number of hydrogen-bond donors (Lipinski definition) is 1. The van der Waals surface area contributed by atoms with Crippen molar-refractivity contribution in [2.75, 3.05) is 13.1 Å². The Morgan fingerprint density at radius 3 is 2.80 bits per heavy atom. The number of nitrogens with two attached hydrogens (primary N) is 1. The van der Waals surface area contributed by atoms with Crippen molar-refractivity contribution in [3.8, 4) is 0 Å². The van der Waals surface area contributed by atoms with Crippen molar-refractivity contribution in [2.24, 2.45) is 5.73 Å². The molecule has 1 amide bonds. The molecule has 2 aliphatic rings. The summed E-state index contributed by atoms with van der Waals surface area (Å²) in [6.07, 6.45) is 5.28. The maximum Gasteiger partial charge on any atom is 0.291 e. The Labute approximate surface area is 152 Å². The number of amides is 1. The molecular formula is C18H22ClN5O. The summed E-state index contributed by atoms with van der Waals surface area (Å²) in [6, 6.07) is 8.28. The number of aromatic nitrogens is 3. The zero-order valence-corrected chi connectivity index (χ0v) is 14.8. The quantitative estimate of drug-likeness (QED) is 0.911. The monoisotopic (exact) mass is 359 g/mol. The van der Waals surface area contributed by atoms with Crippen LogP contribution in [0, 0.1) is 0 Å². The lowest BCUT2D eigenvalue weighted by Gasteiger charge is -2.44. The lowest BCUT2D eigenvalue weighted by molar-refractivity contribution is 0.0514. The Morgan fingerprint density at radius 2 is 2.08 bits per heavy atom. The number of carbonyl (C=O) groups excluding carboxylic acids is 1. The minimum absolute atomic E-state index is 0.00301. The fraction of sp³-hybridized carbons (Fsp3) is 0.500. The van der Waals surface area contributed by atoms with Gasteiger partial charge in [0.25, 0.3) is 5.91 Å². The lowest BCUT2D eigenvalue weighted by Crippen LogP contribution is -2.51. The predicted octanol–water partition coefficient (Wildman–Crippen LogP) is 2.23. The van der Waals surface area contributed by atoms with E-state index in [1.54, 1.807) is 4.68 Å². The standard InChI is InChI=1S/C18H22ClN5O/c19-14-3-1-2-13(10-14)18(11-20)6-4-15(5-7-18)23-8-9-24-16(17(23)25)21-12-22-24/h1-3,10,12,15H,4-9,11,20H2/t15-,18-. The third-order valence-electron chi connectivity index (χ3n) is 5.80. The van der Waals surface area contributed by atoms with Gasteiger partial charge in [0.1, 0.15) is 6.33 Å². The summed E-state index contributed by atoms with van der Waals surface area (Å²) in [5.41, 5.74) is 7.35. The van der Waals surface area contributed by atoms with E-state index in [0.717, 1.165) is 30.7 Å². The summed E-state index contributed by atoms with van der Waals surface area (Å²) < 4.78 is 1.69. The van der Waals surface area contributed by atoms with Crippen LogP contribution in [-0.2, 0) is 12.0 Å². The van der Waals surface area contributed by atoms with Crippen LogP contribution in [0.25, 0.3) is 0 Å². The minimum Gasteiger partial charge on any atom is -0.331 e. The van der Waals surface area contributed by atoms with Crippen molar-refractivity contribution < 1.29 is 4.79 Å². The summed E-state index contributed by atoms with van der Waals surface area (Å²) in [5.74, 6) is 0.452. The molecule has 0 saturated heterocycles. The fourth-order valence-corrected chi connectivity index (χ4v) is 4.46. The molecule has 0 radical (unpaired) electrons. The summed E-state index contributed by atoms with van der Waals surface area (Å²) in [6.45, 7) is 2.02. The fourth-order valence-electron chi connectivity index (χ4n) is 4.27. The number of rotatable bonds is 3. The smallest absolute Gasteiger partial charge is 0.291 e. The Hall–Kier alpha value is -1.92. The molecule has 25 heavy (non-hydrogen) atoms. The van der Waals surface area contributed by atoms with E-state index in [4.69, 9.17) is 17.3 Å². The van der Waals surface area contributed by atoms with Crippen molar-refractivity contribution in [1.29, 1.82) is 0 Å². The first kappa shape index (κ1) is 16.5. The molecule has 1 fully saturated rings. The first-order valence-electron chi connectivity index (χ1n) is 8.78. The molecule has 6 nitrogen and oxygen atoms in total. The van der Waals surface area contributed by atoms with E-state index in [-0.39, 0.29) is 17.4 Å². The van der Waals surface area contributed by atoms with Gasteiger partial charge in [-0.15, -0.1) is 0 Å². The van der Waals surface area contributed by atoms with Gasteiger partial charge < -0.3 is 10.6 Å². The SMILES string of the molecule is NC[C@]1(c2cccc(Cl)c2)CC[C@H](N2CCn3ncnc3C2=O)CC1. The normalized spacial score (nSPS) is 26.6. The van der Waals surface area contributed by atoms with E-state index in [0.29, 0.717) is 25.5 Å². The van der Waals surface area contributed by atoms with Crippen LogP contribution in [0.4, 0.5) is 0 Å². The zero-order valence-electron chi connectivity index (χ0n) is 14.1. The van der Waals surface area contributed by atoms with Crippen LogP contribution in [0.15, 0.2) is 30.6 Å². The second-order valence-electron chi connectivity index (χ2n) is 7.03. The second-order valence-corrected chi connectivity index (χ2v) is 7.47. The lowest BCUT2D eigenvalue weighted by atomic mass is 9.68. The topological polar surface area (TPSA) is 77.0 Å². The third-order valence-corrected chi connectivity index (χ3v) is 6.04. The van der Waals surface area contributed by atoms with Gasteiger partial charge in [-0.1, -0.05) is 23.7 Å². The van der Waals surface area contributed by atoms with Gasteiger partial charge in [-0.2, -0.15) is 5.10 Å². The van der Waals surface area contributed by atoms with Crippen molar-refractivity contribution in [3.63, 3.8) is 0 Å². The maximum absolute atomic E-state index is 12.7. The highest BCUT2D eigenvalue weighted by Gasteiger charge is 2.40. The molecule has 1 aliphatic heterocycles. The van der Waals surface area contributed by atoms with Gasteiger partial charge >= 0.3 is 0 Å². The molecule has 1 aliphatic carbocycles. The van der Waals surface area contributed by atoms with Gasteiger partial charge in [0.2, 0.25) is 5.82 Å². The van der Waals surface area contributed by atoms with Crippen LogP contribution >= 0.6 is 11.6 Å². The Kier molecular flexibility index (Phi) is 4.25. The number of halogens is 1. The molecule has 2 aromatic rings. The molecule has 1 aromatic heterocycles. The first-order chi connectivity index (χ1) is 12.1. The van der Waals surface area contributed by atoms with Gasteiger partial charge in [-0.05, 0) is 43.4 Å². The molecule has 0 unspecified atom stereocenters. The first-order valence-corrected chi connectivity index (χ1v) is 9.16. The molecule has 0 bridgehead atoms. The highest BCUT2D eigenvalue weighted by atomic mass is 35.5. The van der Waals surface area contributed by atoms with Crippen molar-refractivity contribution in [1.82, 2.24) is 19.7 Å². The van der Waals surface area contributed by atoms with Crippen LogP contribution in [0.3, 0.4) is 0 Å². The number of fused-ring (bicyclic) bond motifs is 1. The van der Waals surface area contributed by atoms with E-state index in [2.05, 4.69) is 16.1 Å². The molecule has 132 valence electrons. The van der Waals surface area contributed by atoms with Crippen LogP contribution in [0.5, 0.6) is 0 Å². The number of carbonyl (C=O) groups is 1. The highest BCUT2D eigenvalue weighted by molar-refractivity contribution is 6.30. The molecule has 1 saturated carbocycles. The zero-order chi connectivity index (χ0) is 17.4. The Morgan fingerprint density at radius 1 is 1.28 bits per heavy atom. The molecule has 0 spiro atoms. The van der Waals surface area contributed by atoms with Crippen molar-refractivity contribution in [3.05, 3.63) is 47.0 Å². The van der Waals surface area contributed by atoms with Gasteiger partial charge in [0.15, 0.2) is 0 Å². The number of benzene rings is 1. The van der Waals surface area contributed by atoms with Crippen molar-refractivity contribution in [2.45, 2.75) is 43.7 Å². The predicted molar refractivity (Wildman–Crippen MR) is 95.5 cm³/mol. The van der Waals surface area contributed by atoms with Crippen LogP contribution < -0.4 is 5.73 Å². The summed E-state index contributed by atoms with van der Waals surface area (Å²) in [5, 5.41) is 4.85. The molecule has 0 atom stereocenters. The highest BCUT2D eigenvalue weighted by Crippen LogP contribution is 2.41. The summed E-state index contributed by atoms with van der Waals surface area (Å²) in [4.78, 5) is 18.8. The molecule has 2 heterocycles. The molecular weight excluding hydrogens is 338 g/mol. The van der Waals surface area contributed by atoms with Crippen LogP contribution in [0.1, 0.15) is 41.9 Å². The van der Waals surface area contributed by atoms with Gasteiger partial charge in [0, 0.05) is 29.6 Å². The van der Waals surface area contributed by atoms with E-state index in [1.807, 2.05) is 23.1 Å². The summed E-state index contributed by atoms with van der Waals surface area (Å²) >= 11 is 6.18. The van der Waals surface area contributed by atoms with E-state index < -0.39 is 0 Å². The van der Waals surface area contributed by atoms with Gasteiger partial charge in [0.05, 0.1) is 6.54 Å². The van der Waals surface area contributed by atoms with E-state index in [9.17, 15) is 4.79 Å². The third kappa shape index (κ3) is 2.83. The van der Waals surface area contributed by atoms with E-state index in [1.165, 1.54) is 11.9 Å². The van der Waals surface area contributed by atoms with Crippen LogP contribution in [-0.4, -0.2) is 44.7 Å². The minimum atomic E-state index is -0.0414. The van der Waals surface area contributed by atoms with E-state index >= 15 is 0 Å². The average molecular weight is 360 g/mol. The van der Waals surface area contributed by atoms with Gasteiger partial charge in [-0.25, -0.2) is 9.67 Å². The molecule has 4 rings (SSSR count). The maximum atomic E-state index is 12.7. The second kappa shape index (κ2) is 6.42. The van der Waals surface area contributed by atoms with Gasteiger partial charge in [-0.3, -0.25) is 4.79 Å². The number of hydrogen-bond acceptors (Lipinski definition) is 4. The average Bonchev–Trinajstić information content (AvgIpc) is 3.12. The Balaban J connectivity index is 1.50. The Bertz CT molecular complexity index is 781. The van der Waals surface area contributed by atoms with Crippen molar-refractivity contribution >= 4 is 17.5 Å². The summed E-state index contributed by atoms with van der Waals surface area (Å²) in [7, 11) is 0. The van der Waals surface area contributed by atoms with Crippen LogP contribution in [0.2, 0.25) is 5.02 Å².